The first-order valence-electron chi connectivity index (χ1n) is 19.7. The number of carbonyl (C=O) groups excluding carboxylic acids is 4. The molecule has 1 saturated heterocycles. The van der Waals surface area contributed by atoms with Crippen LogP contribution in [0.2, 0.25) is 0 Å². The van der Waals surface area contributed by atoms with Crippen LogP contribution in [0.25, 0.3) is 0 Å². The summed E-state index contributed by atoms with van der Waals surface area (Å²) in [5.41, 5.74) is 0. The Hall–Kier alpha value is -2.40. The Morgan fingerprint density at radius 3 is 1.63 bits per heavy atom. The standard InChI is InChI=1S/C37H66O15/c1-5-9-13-14-18-22-30(43)51-35-34(50-29(42)21-17-12-8-4)33(49-28(41)20-16-11-7-3)26(24-47-27(40)19-15-10-6-2)48-37(35)52-36(46)32(45)31(44)25(39)23-38/h25-26,31-39,44-46H,5-24H2,1-4H3/t25-,26+,31+,32-,33+,34-,35-,36?,37?/m0/s1/i22D/t22?,25-,26+,31+,32-,33+,34-,35-,36?,37?. The number of esters is 4. The largest absolute Gasteiger partial charge is 0.463 e. The average molecular weight is 752 g/mol. The molecule has 0 bridgehead atoms. The van der Waals surface area contributed by atoms with Crippen molar-refractivity contribution < 1.29 is 74.5 Å². The molecular weight excluding hydrogens is 684 g/mol. The molecule has 15 heteroatoms. The van der Waals surface area contributed by atoms with E-state index in [2.05, 4.69) is 0 Å². The van der Waals surface area contributed by atoms with Gasteiger partial charge in [0.25, 0.3) is 0 Å². The molecule has 5 N–H and O–H groups in total. The van der Waals surface area contributed by atoms with Crippen LogP contribution in [-0.4, -0.2) is 118 Å². The highest BCUT2D eigenvalue weighted by Gasteiger charge is 2.54. The normalized spacial score (nSPS) is 23.4. The lowest BCUT2D eigenvalue weighted by molar-refractivity contribution is -0.349. The minimum atomic E-state index is -2.36. The van der Waals surface area contributed by atoms with E-state index in [1.807, 2.05) is 27.7 Å². The van der Waals surface area contributed by atoms with Gasteiger partial charge in [-0.3, -0.25) is 19.2 Å². The van der Waals surface area contributed by atoms with Gasteiger partial charge in [0.05, 0.1) is 6.61 Å². The van der Waals surface area contributed by atoms with Crippen molar-refractivity contribution in [2.24, 2.45) is 0 Å². The van der Waals surface area contributed by atoms with E-state index in [1.54, 1.807) is 0 Å². The molecule has 1 rings (SSSR count). The fraction of sp³-hybridized carbons (Fsp3) is 0.892. The second kappa shape index (κ2) is 28.1. The number of aliphatic hydroxyl groups is 5. The fourth-order valence-corrected chi connectivity index (χ4v) is 5.45. The molecule has 15 nitrogen and oxygen atoms in total. The van der Waals surface area contributed by atoms with Gasteiger partial charge in [0.1, 0.15) is 31.0 Å². The highest BCUT2D eigenvalue weighted by Crippen LogP contribution is 2.32. The predicted octanol–water partition coefficient (Wildman–Crippen LogP) is 3.50. The van der Waals surface area contributed by atoms with Crippen molar-refractivity contribution in [3.8, 4) is 0 Å². The topological polar surface area (TPSA) is 225 Å². The molecule has 10 atom stereocenters. The van der Waals surface area contributed by atoms with Gasteiger partial charge in [-0.05, 0) is 25.7 Å². The van der Waals surface area contributed by atoms with E-state index in [0.717, 1.165) is 51.4 Å². The number of carbonyl (C=O) groups is 4. The Morgan fingerprint density at radius 1 is 0.615 bits per heavy atom. The summed E-state index contributed by atoms with van der Waals surface area (Å²) in [6, 6.07) is 0. The van der Waals surface area contributed by atoms with Crippen LogP contribution in [0.15, 0.2) is 0 Å². The maximum absolute atomic E-state index is 13.4. The third-order valence-corrected chi connectivity index (χ3v) is 8.61. The summed E-state index contributed by atoms with van der Waals surface area (Å²) in [6.45, 7) is 6.36. The van der Waals surface area contributed by atoms with Crippen LogP contribution >= 0.6 is 0 Å². The molecule has 52 heavy (non-hydrogen) atoms. The lowest BCUT2D eigenvalue weighted by atomic mass is 9.97. The maximum Gasteiger partial charge on any atom is 0.306 e. The van der Waals surface area contributed by atoms with E-state index < -0.39 is 98.8 Å². The maximum atomic E-state index is 13.4. The number of aliphatic hydroxyl groups excluding tert-OH is 5. The predicted molar refractivity (Wildman–Crippen MR) is 187 cm³/mol. The number of hydrogen-bond acceptors (Lipinski definition) is 15. The fourth-order valence-electron chi connectivity index (χ4n) is 5.45. The second-order valence-corrected chi connectivity index (χ2v) is 13.2. The van der Waals surface area contributed by atoms with Crippen LogP contribution in [-0.2, 0) is 47.6 Å². The van der Waals surface area contributed by atoms with E-state index >= 15 is 0 Å². The van der Waals surface area contributed by atoms with Gasteiger partial charge in [0.15, 0.2) is 24.6 Å². The summed E-state index contributed by atoms with van der Waals surface area (Å²) in [5.74, 6) is -3.11. The van der Waals surface area contributed by atoms with E-state index in [9.17, 15) is 44.7 Å². The molecule has 0 aliphatic carbocycles. The second-order valence-electron chi connectivity index (χ2n) is 13.2. The van der Waals surface area contributed by atoms with Crippen LogP contribution in [0.1, 0.15) is 145 Å². The van der Waals surface area contributed by atoms with E-state index in [-0.39, 0.29) is 25.7 Å². The molecule has 0 radical (unpaired) electrons. The van der Waals surface area contributed by atoms with Crippen LogP contribution in [0.4, 0.5) is 0 Å². The monoisotopic (exact) mass is 751 g/mol. The summed E-state index contributed by atoms with van der Waals surface area (Å²) >= 11 is 0. The molecule has 1 aliphatic heterocycles. The first-order valence-corrected chi connectivity index (χ1v) is 19.2. The summed E-state index contributed by atoms with van der Waals surface area (Å²) in [6.07, 6.45) is -8.88. The number of unbranched alkanes of at least 4 members (excludes halogenated alkanes) is 9. The SMILES string of the molecule is [2H]C(CCCCCC)C(=O)O[C@@H]1C(OC(O)[C@@H](O)[C@H](O)[C@@H](O)CO)O[C@H](COC(=O)CCCCC)[C@@H](OC(=O)CCCCC)[C@@H]1OC(=O)CCCCC. The minimum Gasteiger partial charge on any atom is -0.463 e. The van der Waals surface area contributed by atoms with Crippen molar-refractivity contribution in [3.63, 3.8) is 0 Å². The van der Waals surface area contributed by atoms with Crippen molar-refractivity contribution in [1.29, 1.82) is 0 Å². The molecule has 0 amide bonds. The lowest BCUT2D eigenvalue weighted by Gasteiger charge is -2.45. The van der Waals surface area contributed by atoms with Crippen molar-refractivity contribution in [3.05, 3.63) is 0 Å². The zero-order valence-electron chi connectivity index (χ0n) is 32.5. The van der Waals surface area contributed by atoms with Crippen molar-refractivity contribution in [1.82, 2.24) is 0 Å². The zero-order chi connectivity index (χ0) is 39.8. The first kappa shape index (κ1) is 45.8. The zero-order valence-corrected chi connectivity index (χ0v) is 31.5. The molecule has 0 aromatic carbocycles. The van der Waals surface area contributed by atoms with E-state index in [1.165, 1.54) is 0 Å². The molecule has 0 aromatic rings. The summed E-state index contributed by atoms with van der Waals surface area (Å²) in [4.78, 5) is 52.5. The number of ether oxygens (including phenoxy) is 6. The average Bonchev–Trinajstić information content (AvgIpc) is 3.13. The van der Waals surface area contributed by atoms with Crippen molar-refractivity contribution in [2.45, 2.75) is 199 Å². The van der Waals surface area contributed by atoms with Gasteiger partial charge >= 0.3 is 23.9 Å². The van der Waals surface area contributed by atoms with Gasteiger partial charge in [0.2, 0.25) is 6.29 Å². The van der Waals surface area contributed by atoms with Gasteiger partial charge in [-0.2, -0.15) is 0 Å². The third kappa shape index (κ3) is 18.6. The molecule has 1 fully saturated rings. The van der Waals surface area contributed by atoms with Gasteiger partial charge in [-0.25, -0.2) is 0 Å². The number of hydrogen-bond donors (Lipinski definition) is 5. The van der Waals surface area contributed by atoms with Gasteiger partial charge in [-0.15, -0.1) is 0 Å². The highest BCUT2D eigenvalue weighted by atomic mass is 16.8. The summed E-state index contributed by atoms with van der Waals surface area (Å²) in [5, 5.41) is 50.7. The van der Waals surface area contributed by atoms with Gasteiger partial charge in [0, 0.05) is 27.0 Å². The van der Waals surface area contributed by atoms with E-state index in [0.29, 0.717) is 32.1 Å². The van der Waals surface area contributed by atoms with Crippen molar-refractivity contribution >= 4 is 23.9 Å². The molecule has 3 unspecified atom stereocenters. The Labute approximate surface area is 310 Å². The highest BCUT2D eigenvalue weighted by molar-refractivity contribution is 5.72. The molecule has 0 spiro atoms. The molecule has 1 heterocycles. The summed E-state index contributed by atoms with van der Waals surface area (Å²) < 4.78 is 42.9. The van der Waals surface area contributed by atoms with Crippen LogP contribution in [0, 0.1) is 0 Å². The molecular formula is C37H66O15. The summed E-state index contributed by atoms with van der Waals surface area (Å²) in [7, 11) is 0. The van der Waals surface area contributed by atoms with Crippen LogP contribution in [0.3, 0.4) is 0 Å². The Bertz CT molecular complexity index is 1030. The van der Waals surface area contributed by atoms with Gasteiger partial charge in [-0.1, -0.05) is 91.9 Å². The van der Waals surface area contributed by atoms with Crippen LogP contribution in [0.5, 0.6) is 0 Å². The molecule has 0 saturated carbocycles. The molecule has 304 valence electrons. The van der Waals surface area contributed by atoms with E-state index in [4.69, 9.17) is 29.8 Å². The Kier molecular flexibility index (Phi) is 24.7. The van der Waals surface area contributed by atoms with Gasteiger partial charge < -0.3 is 54.0 Å². The molecule has 1 aliphatic rings. The minimum absolute atomic E-state index is 0.0159. The quantitative estimate of drug-likeness (QED) is 0.0319. The molecule has 0 aromatic heterocycles. The first-order chi connectivity index (χ1) is 25.3. The smallest absolute Gasteiger partial charge is 0.306 e. The lowest BCUT2D eigenvalue weighted by Crippen LogP contribution is -2.64. The van der Waals surface area contributed by atoms with Crippen molar-refractivity contribution in [2.75, 3.05) is 13.2 Å². The Morgan fingerprint density at radius 2 is 1.10 bits per heavy atom. The third-order valence-electron chi connectivity index (χ3n) is 8.61. The Balaban J connectivity index is 3.67. The van der Waals surface area contributed by atoms with Crippen LogP contribution < -0.4 is 0 Å². The number of rotatable bonds is 29.